The molecule has 0 aliphatic heterocycles. The van der Waals surface area contributed by atoms with Crippen LogP contribution in [-0.2, 0) is 23.9 Å². The molecule has 0 aromatic rings. The third kappa shape index (κ3) is 4.34. The standard InChI is InChI=1S/C25H34O8.Na.H/c1-23-9-7-15(26)11-14(23)3-4-16-17-8-10-25(32,24(17,2)12-18(27)22(16)23)19(28)13-33-21(31)6-5-20(29)30;;/h11,16-18,22,27,32H,3-10,12-13H2,1-2H3,(H,29,30);;/t16-,17?,18+,22+,23+,24+,25+;;/m1../s1. The number of carbonyl (C=O) groups is 4. The molecule has 0 heterocycles. The molecular weight excluding hydrogens is 451 g/mol. The fourth-order valence-electron chi connectivity index (χ4n) is 7.70. The molecule has 4 aliphatic carbocycles. The molecule has 0 bridgehead atoms. The molecule has 0 radical (unpaired) electrons. The monoisotopic (exact) mass is 486 g/mol. The summed E-state index contributed by atoms with van der Waals surface area (Å²) in [5, 5.41) is 31.6. The molecular formula is C25H35NaO8. The van der Waals surface area contributed by atoms with E-state index in [1.165, 1.54) is 0 Å². The van der Waals surface area contributed by atoms with Crippen molar-refractivity contribution in [1.29, 1.82) is 0 Å². The van der Waals surface area contributed by atoms with Crippen molar-refractivity contribution < 1.29 is 39.2 Å². The van der Waals surface area contributed by atoms with Crippen LogP contribution in [0.5, 0.6) is 0 Å². The predicted octanol–water partition coefficient (Wildman–Crippen LogP) is 1.55. The molecule has 3 fully saturated rings. The molecule has 1 unspecified atom stereocenters. The fraction of sp³-hybridized carbons (Fsp3) is 0.760. The minimum atomic E-state index is -1.71. The van der Waals surface area contributed by atoms with Gasteiger partial charge in [-0.3, -0.25) is 19.2 Å². The van der Waals surface area contributed by atoms with Crippen LogP contribution in [0, 0.1) is 28.6 Å². The van der Waals surface area contributed by atoms with Gasteiger partial charge >= 0.3 is 41.5 Å². The number of esters is 1. The number of allylic oxidation sites excluding steroid dienone is 1. The number of Topliss-reactive ketones (excluding diaryl/α,β-unsaturated/α-hetero) is 1. The first kappa shape index (κ1) is 27.5. The van der Waals surface area contributed by atoms with Crippen molar-refractivity contribution >= 4 is 53.1 Å². The average Bonchev–Trinajstić information content (AvgIpc) is 3.02. The molecule has 0 saturated heterocycles. The number of fused-ring (bicyclic) bond motifs is 5. The van der Waals surface area contributed by atoms with Gasteiger partial charge < -0.3 is 20.1 Å². The average molecular weight is 487 g/mol. The summed E-state index contributed by atoms with van der Waals surface area (Å²) in [4.78, 5) is 47.5. The number of carboxylic acid groups (broad SMARTS) is 1. The Kier molecular flexibility index (Phi) is 7.91. The Bertz CT molecular complexity index is 915. The van der Waals surface area contributed by atoms with E-state index in [0.29, 0.717) is 12.8 Å². The van der Waals surface area contributed by atoms with Crippen LogP contribution in [0.25, 0.3) is 0 Å². The van der Waals surface area contributed by atoms with Gasteiger partial charge in [-0.1, -0.05) is 19.4 Å². The van der Waals surface area contributed by atoms with Crippen molar-refractivity contribution in [2.24, 2.45) is 28.6 Å². The van der Waals surface area contributed by atoms with Crippen LogP contribution < -0.4 is 0 Å². The molecule has 34 heavy (non-hydrogen) atoms. The molecule has 4 rings (SSSR count). The molecule has 3 saturated carbocycles. The molecule has 0 aromatic heterocycles. The van der Waals surface area contributed by atoms with Crippen molar-refractivity contribution in [2.45, 2.75) is 83.3 Å². The summed E-state index contributed by atoms with van der Waals surface area (Å²) in [6.07, 6.45) is 4.30. The molecule has 0 spiro atoms. The summed E-state index contributed by atoms with van der Waals surface area (Å²) in [5.41, 5.74) is -1.68. The summed E-state index contributed by atoms with van der Waals surface area (Å²) in [6, 6.07) is 0. The molecule has 7 atom stereocenters. The van der Waals surface area contributed by atoms with Gasteiger partial charge in [-0.2, -0.15) is 0 Å². The molecule has 184 valence electrons. The van der Waals surface area contributed by atoms with Crippen molar-refractivity contribution in [3.8, 4) is 0 Å². The Morgan fingerprint density at radius 3 is 2.50 bits per heavy atom. The molecule has 8 nitrogen and oxygen atoms in total. The van der Waals surface area contributed by atoms with E-state index >= 15 is 0 Å². The third-order valence-electron chi connectivity index (χ3n) is 9.42. The van der Waals surface area contributed by atoms with Gasteiger partial charge in [-0.15, -0.1) is 0 Å². The van der Waals surface area contributed by atoms with E-state index in [2.05, 4.69) is 6.92 Å². The Morgan fingerprint density at radius 2 is 1.82 bits per heavy atom. The summed E-state index contributed by atoms with van der Waals surface area (Å²) < 4.78 is 4.97. The van der Waals surface area contributed by atoms with Crippen LogP contribution in [0.2, 0.25) is 0 Å². The zero-order chi connectivity index (χ0) is 24.2. The SMILES string of the molecule is C[C@]12CCC(=O)C=C1CC[C@@H]1C3CC[C@](O)(C(=O)COC(=O)CCC(=O)O)[C@@]3(C)C[C@H](O)[C@H]12.[NaH]. The number of ketones is 2. The van der Waals surface area contributed by atoms with Gasteiger partial charge in [-0.05, 0) is 67.8 Å². The van der Waals surface area contributed by atoms with Crippen molar-refractivity contribution in [2.75, 3.05) is 6.61 Å². The molecule has 9 heteroatoms. The molecule has 0 aromatic carbocycles. The number of carbonyl (C=O) groups excluding carboxylic acids is 3. The van der Waals surface area contributed by atoms with E-state index in [9.17, 15) is 29.4 Å². The zero-order valence-corrected chi connectivity index (χ0v) is 19.3. The second-order valence-corrected chi connectivity index (χ2v) is 11.0. The van der Waals surface area contributed by atoms with Gasteiger partial charge in [0.2, 0.25) is 5.78 Å². The fourth-order valence-corrected chi connectivity index (χ4v) is 7.70. The Hall–Kier alpha value is -1.06. The van der Waals surface area contributed by atoms with Gasteiger partial charge in [0.1, 0.15) is 5.60 Å². The second-order valence-electron chi connectivity index (χ2n) is 11.0. The van der Waals surface area contributed by atoms with E-state index in [-0.39, 0.29) is 84.2 Å². The number of ether oxygens (including phenoxy) is 1. The quantitative estimate of drug-likeness (QED) is 0.380. The van der Waals surface area contributed by atoms with E-state index in [0.717, 1.165) is 24.8 Å². The Morgan fingerprint density at radius 1 is 1.12 bits per heavy atom. The van der Waals surface area contributed by atoms with Gasteiger partial charge in [0.05, 0.1) is 18.9 Å². The van der Waals surface area contributed by atoms with Gasteiger partial charge in [0.15, 0.2) is 12.4 Å². The maximum atomic E-state index is 13.1. The molecule has 3 N–H and O–H groups in total. The number of carboxylic acids is 1. The summed E-state index contributed by atoms with van der Waals surface area (Å²) in [7, 11) is 0. The number of aliphatic carboxylic acids is 1. The van der Waals surface area contributed by atoms with Crippen molar-refractivity contribution in [3.63, 3.8) is 0 Å². The minimum absolute atomic E-state index is 0. The molecule has 0 amide bonds. The van der Waals surface area contributed by atoms with Gasteiger partial charge in [0, 0.05) is 11.8 Å². The summed E-state index contributed by atoms with van der Waals surface area (Å²) >= 11 is 0. The number of hydrogen-bond acceptors (Lipinski definition) is 7. The summed E-state index contributed by atoms with van der Waals surface area (Å²) in [5.74, 6) is -2.20. The predicted molar refractivity (Wildman–Crippen MR) is 123 cm³/mol. The van der Waals surface area contributed by atoms with Crippen molar-refractivity contribution in [3.05, 3.63) is 11.6 Å². The Labute approximate surface area is 221 Å². The van der Waals surface area contributed by atoms with Crippen LogP contribution >= 0.6 is 0 Å². The normalized spacial score (nSPS) is 40.7. The van der Waals surface area contributed by atoms with Crippen LogP contribution in [0.4, 0.5) is 0 Å². The van der Waals surface area contributed by atoms with E-state index in [1.807, 2.05) is 6.92 Å². The summed E-state index contributed by atoms with van der Waals surface area (Å²) in [6.45, 7) is 3.41. The van der Waals surface area contributed by atoms with Gasteiger partial charge in [-0.25, -0.2) is 0 Å². The maximum absolute atomic E-state index is 13.1. The van der Waals surface area contributed by atoms with Crippen LogP contribution in [-0.4, -0.2) is 86.7 Å². The third-order valence-corrected chi connectivity index (χ3v) is 9.42. The number of rotatable bonds is 6. The van der Waals surface area contributed by atoms with Crippen LogP contribution in [0.15, 0.2) is 11.6 Å². The van der Waals surface area contributed by atoms with Crippen molar-refractivity contribution in [1.82, 2.24) is 0 Å². The number of hydrogen-bond donors (Lipinski definition) is 3. The first-order valence-electron chi connectivity index (χ1n) is 12.0. The number of aliphatic hydroxyl groups excluding tert-OH is 1. The van der Waals surface area contributed by atoms with E-state index < -0.39 is 41.4 Å². The second kappa shape index (κ2) is 9.77. The van der Waals surface area contributed by atoms with Crippen LogP contribution in [0.3, 0.4) is 0 Å². The molecule has 4 aliphatic rings. The van der Waals surface area contributed by atoms with Crippen LogP contribution in [0.1, 0.15) is 71.6 Å². The topological polar surface area (TPSA) is 138 Å². The first-order chi connectivity index (χ1) is 15.4. The number of aliphatic hydroxyl groups is 2. The van der Waals surface area contributed by atoms with Gasteiger partial charge in [0.25, 0.3) is 0 Å². The Balaban J connectivity index is 0.00000324. The first-order valence-corrected chi connectivity index (χ1v) is 12.0. The van der Waals surface area contributed by atoms with E-state index in [4.69, 9.17) is 9.84 Å². The van der Waals surface area contributed by atoms with E-state index in [1.54, 1.807) is 6.08 Å². The zero-order valence-electron chi connectivity index (χ0n) is 19.3.